The van der Waals surface area contributed by atoms with E-state index < -0.39 is 0 Å². The van der Waals surface area contributed by atoms with Crippen LogP contribution in [0.3, 0.4) is 0 Å². The van der Waals surface area contributed by atoms with Crippen LogP contribution in [0, 0.1) is 35.0 Å². The van der Waals surface area contributed by atoms with E-state index >= 15 is 0 Å². The Kier molecular flexibility index (Phi) is 9.59. The molecule has 0 atom stereocenters. The van der Waals surface area contributed by atoms with Crippen molar-refractivity contribution in [2.75, 3.05) is 0 Å². The first-order valence-electron chi connectivity index (χ1n) is 12.8. The summed E-state index contributed by atoms with van der Waals surface area (Å²) in [6.07, 6.45) is 23.2. The number of nitriles is 1. The van der Waals surface area contributed by atoms with Crippen LogP contribution < -0.4 is 0 Å². The molecule has 3 rings (SSSR count). The topological polar surface area (TPSA) is 23.8 Å². The molecule has 1 aromatic rings. The van der Waals surface area contributed by atoms with Crippen LogP contribution in [0.4, 0.5) is 0 Å². The van der Waals surface area contributed by atoms with Gasteiger partial charge in [-0.05, 0) is 79.9 Å². The monoisotopic (exact) mass is 393 g/mol. The van der Waals surface area contributed by atoms with E-state index in [1.165, 1.54) is 108 Å². The first-order chi connectivity index (χ1) is 14.3. The minimum Gasteiger partial charge on any atom is -0.192 e. The second-order valence-corrected chi connectivity index (χ2v) is 10.1. The maximum atomic E-state index is 8.93. The summed E-state index contributed by atoms with van der Waals surface area (Å²) in [6, 6.07) is 10.4. The Labute approximate surface area is 180 Å². The summed E-state index contributed by atoms with van der Waals surface area (Å²) < 4.78 is 0. The molecule has 0 spiro atoms. The molecule has 2 aliphatic rings. The molecule has 160 valence electrons. The molecule has 1 aromatic carbocycles. The lowest BCUT2D eigenvalue weighted by Gasteiger charge is -2.38. The Bertz CT molecular complexity index is 594. The van der Waals surface area contributed by atoms with E-state index in [-0.39, 0.29) is 0 Å². The van der Waals surface area contributed by atoms with Crippen molar-refractivity contribution in [3.63, 3.8) is 0 Å². The van der Waals surface area contributed by atoms with E-state index in [1.807, 2.05) is 12.1 Å². The van der Waals surface area contributed by atoms with Gasteiger partial charge in [-0.15, -0.1) is 0 Å². The lowest BCUT2D eigenvalue weighted by molar-refractivity contribution is 0.140. The normalized spacial score (nSPS) is 27.4. The van der Waals surface area contributed by atoms with E-state index in [0.29, 0.717) is 0 Å². The minimum atomic E-state index is 0.778. The Morgan fingerprint density at radius 3 is 1.83 bits per heavy atom. The lowest BCUT2D eigenvalue weighted by Crippen LogP contribution is -2.26. The summed E-state index contributed by atoms with van der Waals surface area (Å²) in [6.45, 7) is 2.31. The van der Waals surface area contributed by atoms with Gasteiger partial charge < -0.3 is 0 Å². The molecule has 1 nitrogen and oxygen atoms in total. The quantitative estimate of drug-likeness (QED) is 0.366. The van der Waals surface area contributed by atoms with Crippen molar-refractivity contribution >= 4 is 0 Å². The predicted molar refractivity (Wildman–Crippen MR) is 124 cm³/mol. The highest BCUT2D eigenvalue weighted by Crippen LogP contribution is 2.43. The van der Waals surface area contributed by atoms with Crippen molar-refractivity contribution in [2.45, 2.75) is 110 Å². The zero-order valence-corrected chi connectivity index (χ0v) is 18.9. The highest BCUT2D eigenvalue weighted by atomic mass is 14.4. The van der Waals surface area contributed by atoms with Crippen LogP contribution in [0.1, 0.15) is 114 Å². The molecular weight excluding hydrogens is 350 g/mol. The second-order valence-electron chi connectivity index (χ2n) is 10.1. The zero-order chi connectivity index (χ0) is 20.3. The molecule has 29 heavy (non-hydrogen) atoms. The third-order valence-electron chi connectivity index (χ3n) is 8.09. The average Bonchev–Trinajstić information content (AvgIpc) is 2.79. The van der Waals surface area contributed by atoms with Gasteiger partial charge in [0.25, 0.3) is 0 Å². The van der Waals surface area contributed by atoms with Gasteiger partial charge in [-0.2, -0.15) is 5.26 Å². The van der Waals surface area contributed by atoms with Gasteiger partial charge in [0.15, 0.2) is 0 Å². The maximum Gasteiger partial charge on any atom is 0.0991 e. The molecule has 2 fully saturated rings. The van der Waals surface area contributed by atoms with Gasteiger partial charge in [-0.3, -0.25) is 0 Å². The van der Waals surface area contributed by atoms with Gasteiger partial charge in [-0.25, -0.2) is 0 Å². The maximum absolute atomic E-state index is 8.93. The number of benzene rings is 1. The first kappa shape index (κ1) is 22.4. The van der Waals surface area contributed by atoms with Crippen LogP contribution in [0.2, 0.25) is 0 Å². The number of hydrogen-bond acceptors (Lipinski definition) is 1. The van der Waals surface area contributed by atoms with Gasteiger partial charge in [0, 0.05) is 0 Å². The summed E-state index contributed by atoms with van der Waals surface area (Å²) in [4.78, 5) is 0. The molecule has 1 heteroatoms. The van der Waals surface area contributed by atoms with E-state index in [9.17, 15) is 0 Å². The second kappa shape index (κ2) is 12.4. The number of unbranched alkanes of at least 4 members (excludes halogenated alkanes) is 4. The third kappa shape index (κ3) is 7.47. The minimum absolute atomic E-state index is 0.778. The highest BCUT2D eigenvalue weighted by Gasteiger charge is 2.30. The van der Waals surface area contributed by atoms with E-state index in [1.54, 1.807) is 0 Å². The fourth-order valence-electron chi connectivity index (χ4n) is 6.05. The van der Waals surface area contributed by atoms with Gasteiger partial charge in [-0.1, -0.05) is 83.3 Å². The smallest absolute Gasteiger partial charge is 0.0991 e. The van der Waals surface area contributed by atoms with Crippen molar-refractivity contribution in [1.29, 1.82) is 5.26 Å². The predicted octanol–water partition coefficient (Wildman–Crippen LogP) is 8.46. The molecule has 0 amide bonds. The van der Waals surface area contributed by atoms with E-state index in [0.717, 1.165) is 29.2 Å². The first-order valence-corrected chi connectivity index (χ1v) is 12.8. The van der Waals surface area contributed by atoms with Crippen LogP contribution >= 0.6 is 0 Å². The number of nitrogens with zero attached hydrogens (tertiary/aromatic N) is 1. The lowest BCUT2D eigenvalue weighted by atomic mass is 9.68. The standard InChI is InChI=1S/C28H43N/c1-2-3-4-5-6-7-23-14-18-27(19-15-23)28-20-16-25(17-21-28)9-8-24-10-12-26(22-29)13-11-24/h10-13,23,25,27-28H,2-9,14-21H2,1H3. The SMILES string of the molecule is CCCCCCCC1CCC(C2CCC(CCc3ccc(C#N)cc3)CC2)CC1. The van der Waals surface area contributed by atoms with Crippen molar-refractivity contribution < 1.29 is 0 Å². The fraction of sp³-hybridized carbons (Fsp3) is 0.750. The molecule has 0 radical (unpaired) electrons. The molecule has 2 aliphatic carbocycles. The Hall–Kier alpha value is -1.29. The van der Waals surface area contributed by atoms with E-state index in [4.69, 9.17) is 5.26 Å². The Morgan fingerprint density at radius 2 is 1.28 bits per heavy atom. The third-order valence-corrected chi connectivity index (χ3v) is 8.09. The number of aryl methyl sites for hydroxylation is 1. The summed E-state index contributed by atoms with van der Waals surface area (Å²) in [7, 11) is 0. The van der Waals surface area contributed by atoms with Crippen molar-refractivity contribution in [1.82, 2.24) is 0 Å². The zero-order valence-electron chi connectivity index (χ0n) is 18.9. The number of hydrogen-bond donors (Lipinski definition) is 0. The molecule has 0 aromatic heterocycles. The van der Waals surface area contributed by atoms with Crippen LogP contribution in [-0.4, -0.2) is 0 Å². The van der Waals surface area contributed by atoms with Crippen molar-refractivity contribution in [3.05, 3.63) is 35.4 Å². The van der Waals surface area contributed by atoms with Crippen LogP contribution in [0.5, 0.6) is 0 Å². The molecule has 0 heterocycles. The van der Waals surface area contributed by atoms with Gasteiger partial charge in [0.05, 0.1) is 11.6 Å². The largest absolute Gasteiger partial charge is 0.192 e. The van der Waals surface area contributed by atoms with E-state index in [2.05, 4.69) is 25.1 Å². The molecule has 0 N–H and O–H groups in total. The van der Waals surface area contributed by atoms with Crippen LogP contribution in [0.15, 0.2) is 24.3 Å². The van der Waals surface area contributed by atoms with Gasteiger partial charge in [0.2, 0.25) is 0 Å². The molecular formula is C28H43N. The average molecular weight is 394 g/mol. The summed E-state index contributed by atoms with van der Waals surface area (Å²) in [5.74, 6) is 4.07. The summed E-state index contributed by atoms with van der Waals surface area (Å²) >= 11 is 0. The molecule has 2 saturated carbocycles. The Balaban J connectivity index is 1.28. The van der Waals surface area contributed by atoms with Crippen molar-refractivity contribution in [2.24, 2.45) is 23.7 Å². The van der Waals surface area contributed by atoms with Gasteiger partial charge >= 0.3 is 0 Å². The van der Waals surface area contributed by atoms with Crippen LogP contribution in [0.25, 0.3) is 0 Å². The van der Waals surface area contributed by atoms with Gasteiger partial charge in [0.1, 0.15) is 0 Å². The molecule has 0 aliphatic heterocycles. The molecule has 0 unspecified atom stereocenters. The highest BCUT2D eigenvalue weighted by molar-refractivity contribution is 5.31. The van der Waals surface area contributed by atoms with Crippen molar-refractivity contribution in [3.8, 4) is 6.07 Å². The van der Waals surface area contributed by atoms with Crippen LogP contribution in [-0.2, 0) is 6.42 Å². The summed E-state index contributed by atoms with van der Waals surface area (Å²) in [5.41, 5.74) is 2.18. The number of rotatable bonds is 10. The Morgan fingerprint density at radius 1 is 0.724 bits per heavy atom. The molecule has 0 saturated heterocycles. The molecule has 0 bridgehead atoms. The summed E-state index contributed by atoms with van der Waals surface area (Å²) in [5, 5.41) is 8.93. The fourth-order valence-corrected chi connectivity index (χ4v) is 6.05.